The van der Waals surface area contributed by atoms with Gasteiger partial charge in [-0.05, 0) is 26.7 Å². The summed E-state index contributed by atoms with van der Waals surface area (Å²) in [5, 5.41) is 4.21. The minimum atomic E-state index is 0.308. The molecule has 78 valence electrons. The van der Waals surface area contributed by atoms with Crippen LogP contribution in [0.15, 0.2) is 6.07 Å². The van der Waals surface area contributed by atoms with Gasteiger partial charge in [0.25, 0.3) is 0 Å². The second kappa shape index (κ2) is 3.61. The number of nitrogen functional groups attached to an aromatic ring is 1. The molecule has 1 aromatic rings. The molecule has 0 radical (unpaired) electrons. The lowest BCUT2D eigenvalue weighted by Gasteiger charge is -2.12. The standard InChI is InChI=1S/C10H17N3O/c1-7-5-10(11)12-13(7)6-9-4-3-8(2)14-9/h5,8-9H,3-4,6H2,1-2H3,(H2,11,12). The summed E-state index contributed by atoms with van der Waals surface area (Å²) in [7, 11) is 0. The quantitative estimate of drug-likeness (QED) is 0.774. The van der Waals surface area contributed by atoms with Crippen LogP contribution >= 0.6 is 0 Å². The predicted octanol–water partition coefficient (Wildman–Crippen LogP) is 1.34. The van der Waals surface area contributed by atoms with Crippen molar-refractivity contribution in [2.24, 2.45) is 0 Å². The van der Waals surface area contributed by atoms with E-state index in [2.05, 4.69) is 12.0 Å². The van der Waals surface area contributed by atoms with E-state index in [0.717, 1.165) is 25.1 Å². The summed E-state index contributed by atoms with van der Waals surface area (Å²) in [4.78, 5) is 0. The van der Waals surface area contributed by atoms with Crippen molar-refractivity contribution in [1.82, 2.24) is 9.78 Å². The van der Waals surface area contributed by atoms with Crippen LogP contribution in [0.4, 0.5) is 5.82 Å². The van der Waals surface area contributed by atoms with Crippen molar-refractivity contribution >= 4 is 5.82 Å². The highest BCUT2D eigenvalue weighted by Gasteiger charge is 2.22. The third-order valence-electron chi connectivity index (χ3n) is 2.70. The van der Waals surface area contributed by atoms with Crippen molar-refractivity contribution in [1.29, 1.82) is 0 Å². The van der Waals surface area contributed by atoms with E-state index >= 15 is 0 Å². The third-order valence-corrected chi connectivity index (χ3v) is 2.70. The van der Waals surface area contributed by atoms with Gasteiger partial charge >= 0.3 is 0 Å². The highest BCUT2D eigenvalue weighted by molar-refractivity contribution is 5.28. The molecule has 1 fully saturated rings. The summed E-state index contributed by atoms with van der Waals surface area (Å²) in [6.45, 7) is 4.96. The predicted molar refractivity (Wildman–Crippen MR) is 54.9 cm³/mol. The summed E-state index contributed by atoms with van der Waals surface area (Å²) in [6.07, 6.45) is 2.98. The molecule has 1 aromatic heterocycles. The van der Waals surface area contributed by atoms with Crippen LogP contribution in [-0.2, 0) is 11.3 Å². The Kier molecular flexibility index (Phi) is 2.46. The highest BCUT2D eigenvalue weighted by Crippen LogP contribution is 2.20. The zero-order valence-corrected chi connectivity index (χ0v) is 8.73. The molecule has 1 saturated heterocycles. The molecule has 0 saturated carbocycles. The number of nitrogens with zero attached hydrogens (tertiary/aromatic N) is 2. The fourth-order valence-electron chi connectivity index (χ4n) is 1.93. The Morgan fingerprint density at radius 3 is 2.93 bits per heavy atom. The van der Waals surface area contributed by atoms with Crippen molar-refractivity contribution in [2.45, 2.75) is 45.4 Å². The largest absolute Gasteiger partial charge is 0.382 e. The molecular formula is C10H17N3O. The molecule has 2 rings (SSSR count). The molecule has 2 atom stereocenters. The first-order valence-corrected chi connectivity index (χ1v) is 5.10. The fraction of sp³-hybridized carbons (Fsp3) is 0.700. The maximum atomic E-state index is 5.73. The Labute approximate surface area is 84.0 Å². The number of hydrogen-bond acceptors (Lipinski definition) is 3. The third kappa shape index (κ3) is 1.90. The van der Waals surface area contributed by atoms with Gasteiger partial charge in [-0.1, -0.05) is 0 Å². The molecule has 2 unspecified atom stereocenters. The van der Waals surface area contributed by atoms with Crippen molar-refractivity contribution in [2.75, 3.05) is 5.73 Å². The molecule has 2 N–H and O–H groups in total. The normalized spacial score (nSPS) is 27.0. The van der Waals surface area contributed by atoms with Gasteiger partial charge in [0, 0.05) is 11.8 Å². The number of ether oxygens (including phenoxy) is 1. The first-order valence-electron chi connectivity index (χ1n) is 5.10. The first kappa shape index (κ1) is 9.52. The van der Waals surface area contributed by atoms with E-state index in [0.29, 0.717) is 18.0 Å². The van der Waals surface area contributed by atoms with Crippen LogP contribution in [0.25, 0.3) is 0 Å². The van der Waals surface area contributed by atoms with Crippen molar-refractivity contribution in [3.05, 3.63) is 11.8 Å². The number of hydrogen-bond donors (Lipinski definition) is 1. The number of rotatable bonds is 2. The monoisotopic (exact) mass is 195 g/mol. The van der Waals surface area contributed by atoms with Gasteiger partial charge in [-0.3, -0.25) is 4.68 Å². The molecule has 1 aliphatic rings. The van der Waals surface area contributed by atoms with E-state index in [1.165, 1.54) is 0 Å². The summed E-state index contributed by atoms with van der Waals surface area (Å²) < 4.78 is 7.66. The lowest BCUT2D eigenvalue weighted by Crippen LogP contribution is -2.18. The van der Waals surface area contributed by atoms with E-state index in [4.69, 9.17) is 10.5 Å². The minimum Gasteiger partial charge on any atom is -0.382 e. The first-order chi connectivity index (χ1) is 6.65. The van der Waals surface area contributed by atoms with E-state index in [1.807, 2.05) is 17.7 Å². The Balaban J connectivity index is 2.00. The molecule has 0 spiro atoms. The molecule has 4 heteroatoms. The van der Waals surface area contributed by atoms with Gasteiger partial charge in [0.05, 0.1) is 18.8 Å². The maximum absolute atomic E-state index is 5.73. The van der Waals surface area contributed by atoms with Crippen LogP contribution in [0.1, 0.15) is 25.5 Å². The van der Waals surface area contributed by atoms with Gasteiger partial charge in [0.15, 0.2) is 0 Å². The van der Waals surface area contributed by atoms with E-state index in [1.54, 1.807) is 0 Å². The van der Waals surface area contributed by atoms with Gasteiger partial charge in [-0.15, -0.1) is 0 Å². The molecule has 1 aliphatic heterocycles. The molecular weight excluding hydrogens is 178 g/mol. The van der Waals surface area contributed by atoms with Crippen LogP contribution in [0.5, 0.6) is 0 Å². The SMILES string of the molecule is Cc1cc(N)nn1CC1CCC(C)O1. The zero-order chi connectivity index (χ0) is 10.1. The molecule has 0 aliphatic carbocycles. The van der Waals surface area contributed by atoms with Crippen molar-refractivity contribution in [3.8, 4) is 0 Å². The molecule has 0 aromatic carbocycles. The maximum Gasteiger partial charge on any atom is 0.145 e. The van der Waals surface area contributed by atoms with E-state index in [-0.39, 0.29) is 0 Å². The average Bonchev–Trinajstić information content (AvgIpc) is 2.61. The Morgan fingerprint density at radius 1 is 1.64 bits per heavy atom. The van der Waals surface area contributed by atoms with Crippen LogP contribution < -0.4 is 5.73 Å². The Morgan fingerprint density at radius 2 is 2.43 bits per heavy atom. The number of aryl methyl sites for hydroxylation is 1. The second-order valence-electron chi connectivity index (χ2n) is 4.04. The summed E-state index contributed by atoms with van der Waals surface area (Å²) >= 11 is 0. The zero-order valence-electron chi connectivity index (χ0n) is 8.73. The van der Waals surface area contributed by atoms with Crippen molar-refractivity contribution in [3.63, 3.8) is 0 Å². The highest BCUT2D eigenvalue weighted by atomic mass is 16.5. The van der Waals surface area contributed by atoms with Gasteiger partial charge in [0.1, 0.15) is 5.82 Å². The van der Waals surface area contributed by atoms with Crippen LogP contribution in [0.3, 0.4) is 0 Å². The average molecular weight is 195 g/mol. The molecule has 2 heterocycles. The lowest BCUT2D eigenvalue weighted by atomic mass is 10.2. The topological polar surface area (TPSA) is 53.1 Å². The van der Waals surface area contributed by atoms with Crippen molar-refractivity contribution < 1.29 is 4.74 Å². The van der Waals surface area contributed by atoms with Gasteiger partial charge in [-0.25, -0.2) is 0 Å². The Hall–Kier alpha value is -1.03. The van der Waals surface area contributed by atoms with Gasteiger partial charge in [-0.2, -0.15) is 5.10 Å². The molecule has 4 nitrogen and oxygen atoms in total. The summed E-state index contributed by atoms with van der Waals surface area (Å²) in [6, 6.07) is 1.89. The summed E-state index contributed by atoms with van der Waals surface area (Å²) in [5.74, 6) is 0.591. The van der Waals surface area contributed by atoms with Crippen LogP contribution in [0.2, 0.25) is 0 Å². The smallest absolute Gasteiger partial charge is 0.145 e. The molecule has 14 heavy (non-hydrogen) atoms. The molecule has 0 bridgehead atoms. The number of aromatic nitrogens is 2. The fourth-order valence-corrected chi connectivity index (χ4v) is 1.93. The minimum absolute atomic E-state index is 0.308. The van der Waals surface area contributed by atoms with E-state index < -0.39 is 0 Å². The second-order valence-corrected chi connectivity index (χ2v) is 4.04. The lowest BCUT2D eigenvalue weighted by molar-refractivity contribution is 0.0434. The van der Waals surface area contributed by atoms with E-state index in [9.17, 15) is 0 Å². The van der Waals surface area contributed by atoms with Crippen LogP contribution in [0, 0.1) is 6.92 Å². The van der Waals surface area contributed by atoms with Gasteiger partial charge in [0.2, 0.25) is 0 Å². The number of anilines is 1. The molecule has 0 amide bonds. The van der Waals surface area contributed by atoms with Gasteiger partial charge < -0.3 is 10.5 Å². The Bertz CT molecular complexity index is 321. The van der Waals surface area contributed by atoms with Crippen LogP contribution in [-0.4, -0.2) is 22.0 Å². The number of nitrogens with two attached hydrogens (primary N) is 1. The summed E-state index contributed by atoms with van der Waals surface area (Å²) in [5.41, 5.74) is 6.71.